The van der Waals surface area contributed by atoms with Gasteiger partial charge in [-0.1, -0.05) is 31.2 Å². The molecule has 0 saturated heterocycles. The Morgan fingerprint density at radius 2 is 2.11 bits per heavy atom. The van der Waals surface area contributed by atoms with Crippen LogP contribution in [-0.2, 0) is 6.42 Å². The van der Waals surface area contributed by atoms with Crippen molar-refractivity contribution in [3.63, 3.8) is 0 Å². The van der Waals surface area contributed by atoms with E-state index in [9.17, 15) is 0 Å². The molecule has 0 aliphatic heterocycles. The molecule has 3 nitrogen and oxygen atoms in total. The van der Waals surface area contributed by atoms with Crippen molar-refractivity contribution in [1.82, 2.24) is 14.4 Å². The summed E-state index contributed by atoms with van der Waals surface area (Å²) in [5.41, 5.74) is 5.70. The van der Waals surface area contributed by atoms with Crippen LogP contribution < -0.4 is 0 Å². The van der Waals surface area contributed by atoms with E-state index in [-0.39, 0.29) is 0 Å². The number of nitrogens with one attached hydrogen (secondary N) is 1. The number of imidazole rings is 1. The number of aryl methyl sites for hydroxylation is 1. The average molecular weight is 235 g/mol. The normalized spacial score (nSPS) is 11.8. The smallest absolute Gasteiger partial charge is 0.143 e. The molecule has 0 aliphatic carbocycles. The molecule has 3 aromatic heterocycles. The van der Waals surface area contributed by atoms with Gasteiger partial charge in [0.15, 0.2) is 0 Å². The van der Waals surface area contributed by atoms with E-state index in [2.05, 4.69) is 34.5 Å². The second-order valence-electron chi connectivity index (χ2n) is 4.56. The van der Waals surface area contributed by atoms with Crippen molar-refractivity contribution in [2.45, 2.75) is 13.3 Å². The van der Waals surface area contributed by atoms with Crippen LogP contribution in [0.15, 0.2) is 42.6 Å². The summed E-state index contributed by atoms with van der Waals surface area (Å²) in [6.45, 7) is 2.18. The third kappa shape index (κ3) is 1.11. The van der Waals surface area contributed by atoms with E-state index in [0.717, 1.165) is 23.2 Å². The van der Waals surface area contributed by atoms with Crippen molar-refractivity contribution in [3.8, 4) is 0 Å². The number of rotatable bonds is 1. The van der Waals surface area contributed by atoms with Crippen molar-refractivity contribution in [3.05, 3.63) is 48.2 Å². The molecular formula is C15H13N3. The Bertz CT molecular complexity index is 867. The van der Waals surface area contributed by atoms with Crippen LogP contribution in [0.5, 0.6) is 0 Å². The fraction of sp³-hybridized carbons (Fsp3) is 0.133. The van der Waals surface area contributed by atoms with Crippen LogP contribution in [0.1, 0.15) is 12.5 Å². The first-order valence-corrected chi connectivity index (χ1v) is 6.25. The number of pyridine rings is 1. The molecule has 0 atom stereocenters. The Hall–Kier alpha value is -2.29. The summed E-state index contributed by atoms with van der Waals surface area (Å²) in [5.74, 6) is 0. The monoisotopic (exact) mass is 235 g/mol. The topological polar surface area (TPSA) is 33.1 Å². The van der Waals surface area contributed by atoms with Crippen LogP contribution in [0.3, 0.4) is 0 Å². The molecule has 1 N–H and O–H groups in total. The number of aromatic amines is 1. The minimum absolute atomic E-state index is 0.988. The molecule has 18 heavy (non-hydrogen) atoms. The van der Waals surface area contributed by atoms with Crippen molar-refractivity contribution in [2.24, 2.45) is 0 Å². The zero-order valence-corrected chi connectivity index (χ0v) is 10.1. The van der Waals surface area contributed by atoms with Crippen molar-refractivity contribution in [2.75, 3.05) is 0 Å². The zero-order chi connectivity index (χ0) is 12.1. The van der Waals surface area contributed by atoms with Crippen LogP contribution in [-0.4, -0.2) is 14.4 Å². The van der Waals surface area contributed by atoms with Crippen molar-refractivity contribution in [1.29, 1.82) is 0 Å². The largest absolute Gasteiger partial charge is 0.339 e. The lowest BCUT2D eigenvalue weighted by Crippen LogP contribution is -1.85. The van der Waals surface area contributed by atoms with Gasteiger partial charge in [0.2, 0.25) is 0 Å². The molecule has 4 rings (SSSR count). The van der Waals surface area contributed by atoms with Gasteiger partial charge in [-0.2, -0.15) is 0 Å². The van der Waals surface area contributed by atoms with Crippen LogP contribution >= 0.6 is 0 Å². The molecule has 3 heterocycles. The summed E-state index contributed by atoms with van der Waals surface area (Å²) in [6, 6.07) is 12.5. The van der Waals surface area contributed by atoms with E-state index < -0.39 is 0 Å². The van der Waals surface area contributed by atoms with Gasteiger partial charge in [0, 0.05) is 11.6 Å². The second-order valence-corrected chi connectivity index (χ2v) is 4.56. The number of fused-ring (bicyclic) bond motifs is 5. The Morgan fingerprint density at radius 3 is 3.00 bits per heavy atom. The summed E-state index contributed by atoms with van der Waals surface area (Å²) >= 11 is 0. The molecule has 0 radical (unpaired) electrons. The number of benzene rings is 1. The molecule has 0 saturated carbocycles. The first-order valence-electron chi connectivity index (χ1n) is 6.25. The number of aromatic nitrogens is 3. The average Bonchev–Trinajstić information content (AvgIpc) is 2.94. The van der Waals surface area contributed by atoms with Crippen molar-refractivity contribution >= 4 is 27.7 Å². The quantitative estimate of drug-likeness (QED) is 0.538. The maximum Gasteiger partial charge on any atom is 0.143 e. The molecule has 0 amide bonds. The molecule has 0 unspecified atom stereocenters. The van der Waals surface area contributed by atoms with Crippen molar-refractivity contribution < 1.29 is 0 Å². The van der Waals surface area contributed by atoms with Gasteiger partial charge in [-0.15, -0.1) is 0 Å². The summed E-state index contributed by atoms with van der Waals surface area (Å²) in [6.07, 6.45) is 3.08. The van der Waals surface area contributed by atoms with Gasteiger partial charge in [0.05, 0.1) is 5.52 Å². The van der Waals surface area contributed by atoms with E-state index in [1.165, 1.54) is 16.5 Å². The first kappa shape index (κ1) is 9.71. The predicted octanol–water partition coefficient (Wildman–Crippen LogP) is 3.53. The Balaban J connectivity index is 2.26. The number of para-hydroxylation sites is 1. The fourth-order valence-electron chi connectivity index (χ4n) is 2.66. The molecule has 0 spiro atoms. The molecule has 88 valence electrons. The maximum atomic E-state index is 4.71. The lowest BCUT2D eigenvalue weighted by atomic mass is 10.1. The lowest BCUT2D eigenvalue weighted by Gasteiger charge is -1.98. The third-order valence-corrected chi connectivity index (χ3v) is 3.56. The van der Waals surface area contributed by atoms with Gasteiger partial charge >= 0.3 is 0 Å². The molecule has 0 aliphatic rings. The summed E-state index contributed by atoms with van der Waals surface area (Å²) in [7, 11) is 0. The summed E-state index contributed by atoms with van der Waals surface area (Å²) in [5, 5.41) is 1.22. The van der Waals surface area contributed by atoms with E-state index in [1.807, 2.05) is 24.4 Å². The Morgan fingerprint density at radius 1 is 1.17 bits per heavy atom. The predicted molar refractivity (Wildman–Crippen MR) is 73.9 cm³/mol. The zero-order valence-electron chi connectivity index (χ0n) is 10.1. The molecule has 0 fully saturated rings. The highest BCUT2D eigenvalue weighted by atomic mass is 15.1. The van der Waals surface area contributed by atoms with Gasteiger partial charge in [-0.3, -0.25) is 4.40 Å². The second kappa shape index (κ2) is 3.35. The minimum Gasteiger partial charge on any atom is -0.339 e. The molecule has 4 aromatic rings. The highest BCUT2D eigenvalue weighted by Gasteiger charge is 2.12. The van der Waals surface area contributed by atoms with Gasteiger partial charge < -0.3 is 4.98 Å². The number of hydrogen-bond donors (Lipinski definition) is 1. The van der Waals surface area contributed by atoms with Gasteiger partial charge in [-0.05, 0) is 24.1 Å². The summed E-state index contributed by atoms with van der Waals surface area (Å²) in [4.78, 5) is 8.23. The SMILES string of the molecule is CCc1cccc2c1[nH]c1c2nc2ccccn21. The molecular weight excluding hydrogens is 222 g/mol. The highest BCUT2D eigenvalue weighted by Crippen LogP contribution is 2.28. The van der Waals surface area contributed by atoms with Gasteiger partial charge in [0.1, 0.15) is 16.8 Å². The fourth-order valence-corrected chi connectivity index (χ4v) is 2.66. The van der Waals surface area contributed by atoms with E-state index >= 15 is 0 Å². The van der Waals surface area contributed by atoms with Crippen LogP contribution in [0.4, 0.5) is 0 Å². The number of nitrogens with zero attached hydrogens (tertiary/aromatic N) is 2. The number of hydrogen-bond acceptors (Lipinski definition) is 1. The van der Waals surface area contributed by atoms with Crippen LogP contribution in [0, 0.1) is 0 Å². The first-order chi connectivity index (χ1) is 8.88. The van der Waals surface area contributed by atoms with Crippen LogP contribution in [0.25, 0.3) is 27.7 Å². The Kier molecular flexibility index (Phi) is 1.81. The number of H-pyrrole nitrogens is 1. The highest BCUT2D eigenvalue weighted by molar-refractivity contribution is 6.06. The minimum atomic E-state index is 0.988. The van der Waals surface area contributed by atoms with E-state index in [1.54, 1.807) is 0 Å². The maximum absolute atomic E-state index is 4.71. The summed E-state index contributed by atoms with van der Waals surface area (Å²) < 4.78 is 2.11. The molecule has 3 heteroatoms. The van der Waals surface area contributed by atoms with Gasteiger partial charge in [-0.25, -0.2) is 4.98 Å². The Labute approximate surface area is 104 Å². The third-order valence-electron chi connectivity index (χ3n) is 3.56. The lowest BCUT2D eigenvalue weighted by molar-refractivity contribution is 1.14. The van der Waals surface area contributed by atoms with Crippen LogP contribution in [0.2, 0.25) is 0 Å². The van der Waals surface area contributed by atoms with E-state index in [0.29, 0.717) is 0 Å². The van der Waals surface area contributed by atoms with E-state index in [4.69, 9.17) is 4.98 Å². The van der Waals surface area contributed by atoms with Gasteiger partial charge in [0.25, 0.3) is 0 Å². The molecule has 0 bridgehead atoms. The standard InChI is InChI=1S/C15H13N3/c1-2-10-6-5-7-11-13(10)17-15-14(11)16-12-8-3-4-9-18(12)15/h3-9,17H,2H2,1H3. The molecule has 1 aromatic carbocycles.